The van der Waals surface area contributed by atoms with E-state index < -0.39 is 22.5 Å². The number of ether oxygens (including phenoxy) is 1. The smallest absolute Gasteiger partial charge is 0.415 e. The molecule has 0 bridgehead atoms. The van der Waals surface area contributed by atoms with Crippen LogP contribution in [0.3, 0.4) is 0 Å². The van der Waals surface area contributed by atoms with E-state index in [1.807, 2.05) is 6.92 Å². The number of nitro groups is 1. The summed E-state index contributed by atoms with van der Waals surface area (Å²) in [5.41, 5.74) is -0.0168. The third-order valence-corrected chi connectivity index (χ3v) is 4.43. The number of benzene rings is 1. The number of hydrogen-bond donors (Lipinski definition) is 1. The zero-order valence-corrected chi connectivity index (χ0v) is 15.8. The van der Waals surface area contributed by atoms with Crippen molar-refractivity contribution in [1.82, 2.24) is 4.98 Å². The predicted molar refractivity (Wildman–Crippen MR) is 102 cm³/mol. The van der Waals surface area contributed by atoms with E-state index in [4.69, 9.17) is 4.74 Å². The summed E-state index contributed by atoms with van der Waals surface area (Å²) in [6.07, 6.45) is 2.99. The average Bonchev–Trinajstić information content (AvgIpc) is 2.65. The molecule has 3 rings (SSSR count). The van der Waals surface area contributed by atoms with Crippen LogP contribution in [0.25, 0.3) is 0 Å². The fourth-order valence-electron chi connectivity index (χ4n) is 3.09. The second-order valence-electron chi connectivity index (χ2n) is 6.87. The first-order chi connectivity index (χ1) is 13.2. The zero-order chi connectivity index (χ0) is 20.5. The van der Waals surface area contributed by atoms with E-state index in [1.165, 1.54) is 29.4 Å². The number of carbonyl (C=O) groups excluding carboxylic acids is 2. The standard InChI is InChI=1S/C19H20N4O5/c1-4-8-22-15-10-16(23(26)27)14(9-13(15)19(2,3)28-18(22)25)21-17(24)12-6-5-7-20-11-12/h5-7,9-11H,4,8H2,1-3H3,(H,21,24). The second-order valence-corrected chi connectivity index (χ2v) is 6.87. The van der Waals surface area contributed by atoms with Gasteiger partial charge in [-0.1, -0.05) is 6.92 Å². The van der Waals surface area contributed by atoms with E-state index in [2.05, 4.69) is 10.3 Å². The number of nitro benzene ring substituents is 1. The lowest BCUT2D eigenvalue weighted by atomic mass is 9.92. The Hall–Kier alpha value is -3.49. The van der Waals surface area contributed by atoms with Crippen LogP contribution in [0.2, 0.25) is 0 Å². The number of aromatic nitrogens is 1. The molecule has 1 aliphatic heterocycles. The summed E-state index contributed by atoms with van der Waals surface area (Å²) in [4.78, 5) is 41.1. The van der Waals surface area contributed by atoms with Gasteiger partial charge in [-0.15, -0.1) is 0 Å². The number of rotatable bonds is 5. The van der Waals surface area contributed by atoms with Crippen LogP contribution in [0.15, 0.2) is 36.7 Å². The molecule has 0 atom stereocenters. The summed E-state index contributed by atoms with van der Waals surface area (Å²) >= 11 is 0. The molecule has 9 heteroatoms. The number of nitrogens with one attached hydrogen (secondary N) is 1. The van der Waals surface area contributed by atoms with Crippen LogP contribution in [-0.4, -0.2) is 28.5 Å². The Morgan fingerprint density at radius 1 is 1.39 bits per heavy atom. The van der Waals surface area contributed by atoms with Crippen LogP contribution >= 0.6 is 0 Å². The molecule has 0 unspecified atom stereocenters. The molecule has 0 aliphatic carbocycles. The quantitative estimate of drug-likeness (QED) is 0.619. The van der Waals surface area contributed by atoms with Crippen molar-refractivity contribution in [2.75, 3.05) is 16.8 Å². The lowest BCUT2D eigenvalue weighted by Crippen LogP contribution is -2.43. The Morgan fingerprint density at radius 3 is 2.75 bits per heavy atom. The number of hydrogen-bond acceptors (Lipinski definition) is 6. The van der Waals surface area contributed by atoms with Crippen molar-refractivity contribution in [2.45, 2.75) is 32.8 Å². The summed E-state index contributed by atoms with van der Waals surface area (Å²) < 4.78 is 5.50. The molecule has 0 saturated carbocycles. The Morgan fingerprint density at radius 2 is 2.14 bits per heavy atom. The van der Waals surface area contributed by atoms with Gasteiger partial charge in [-0.05, 0) is 38.5 Å². The van der Waals surface area contributed by atoms with Gasteiger partial charge in [-0.25, -0.2) is 4.79 Å². The number of anilines is 2. The van der Waals surface area contributed by atoms with Crippen molar-refractivity contribution in [3.8, 4) is 0 Å². The average molecular weight is 384 g/mol. The minimum atomic E-state index is -1.00. The maximum absolute atomic E-state index is 12.5. The molecule has 2 amide bonds. The first kappa shape index (κ1) is 19.3. The Bertz CT molecular complexity index is 943. The Balaban J connectivity index is 2.10. The summed E-state index contributed by atoms with van der Waals surface area (Å²) in [6.45, 7) is 5.65. The van der Waals surface area contributed by atoms with Gasteiger partial charge in [0.15, 0.2) is 0 Å². The zero-order valence-electron chi connectivity index (χ0n) is 15.8. The van der Waals surface area contributed by atoms with Gasteiger partial charge in [0.05, 0.1) is 16.2 Å². The Kier molecular flexibility index (Phi) is 5.00. The van der Waals surface area contributed by atoms with Gasteiger partial charge >= 0.3 is 6.09 Å². The van der Waals surface area contributed by atoms with Crippen molar-refractivity contribution in [1.29, 1.82) is 0 Å². The number of amides is 2. The van der Waals surface area contributed by atoms with Gasteiger partial charge < -0.3 is 10.1 Å². The molecule has 146 valence electrons. The van der Waals surface area contributed by atoms with Crippen molar-refractivity contribution in [3.63, 3.8) is 0 Å². The minimum Gasteiger partial charge on any atom is -0.438 e. The number of fused-ring (bicyclic) bond motifs is 1. The molecule has 1 aromatic carbocycles. The molecule has 0 radical (unpaired) electrons. The predicted octanol–water partition coefficient (Wildman–Crippen LogP) is 3.84. The highest BCUT2D eigenvalue weighted by Gasteiger charge is 2.40. The maximum atomic E-state index is 12.5. The lowest BCUT2D eigenvalue weighted by Gasteiger charge is -2.38. The number of cyclic esters (lactones) is 1. The SMILES string of the molecule is CCCN1C(=O)OC(C)(C)c2cc(NC(=O)c3cccnc3)c([N+](=O)[O-])cc21. The van der Waals surface area contributed by atoms with Crippen LogP contribution in [-0.2, 0) is 10.3 Å². The van der Waals surface area contributed by atoms with Crippen LogP contribution in [0, 0.1) is 10.1 Å². The molecule has 0 spiro atoms. The van der Waals surface area contributed by atoms with Gasteiger partial charge in [0.25, 0.3) is 11.6 Å². The second kappa shape index (κ2) is 7.26. The molecule has 1 aromatic heterocycles. The third-order valence-electron chi connectivity index (χ3n) is 4.43. The summed E-state index contributed by atoms with van der Waals surface area (Å²) in [6, 6.07) is 5.96. The molecule has 9 nitrogen and oxygen atoms in total. The summed E-state index contributed by atoms with van der Waals surface area (Å²) in [5.74, 6) is -0.521. The third kappa shape index (κ3) is 3.51. The highest BCUT2D eigenvalue weighted by Crippen LogP contribution is 2.43. The highest BCUT2D eigenvalue weighted by molar-refractivity contribution is 6.06. The normalized spacial score (nSPS) is 14.8. The first-order valence-corrected chi connectivity index (χ1v) is 8.79. The van der Waals surface area contributed by atoms with Crippen molar-refractivity contribution < 1.29 is 19.2 Å². The summed E-state index contributed by atoms with van der Waals surface area (Å²) in [7, 11) is 0. The fraction of sp³-hybridized carbons (Fsp3) is 0.316. The van der Waals surface area contributed by atoms with E-state index in [1.54, 1.807) is 26.0 Å². The minimum absolute atomic E-state index is 0.0278. The topological polar surface area (TPSA) is 115 Å². The Labute approximate surface area is 161 Å². The van der Waals surface area contributed by atoms with Crippen LogP contribution in [0.1, 0.15) is 43.1 Å². The fourth-order valence-corrected chi connectivity index (χ4v) is 3.09. The highest BCUT2D eigenvalue weighted by atomic mass is 16.6. The molecule has 2 aromatic rings. The van der Waals surface area contributed by atoms with Gasteiger partial charge in [0.1, 0.15) is 11.3 Å². The van der Waals surface area contributed by atoms with Crippen LogP contribution < -0.4 is 10.2 Å². The van der Waals surface area contributed by atoms with Crippen molar-refractivity contribution >= 4 is 29.1 Å². The molecule has 1 N–H and O–H groups in total. The lowest BCUT2D eigenvalue weighted by molar-refractivity contribution is -0.383. The first-order valence-electron chi connectivity index (χ1n) is 8.79. The van der Waals surface area contributed by atoms with Crippen molar-refractivity contribution in [2.24, 2.45) is 0 Å². The summed E-state index contributed by atoms with van der Waals surface area (Å²) in [5, 5.41) is 14.2. The van der Waals surface area contributed by atoms with E-state index in [-0.39, 0.29) is 16.9 Å². The van der Waals surface area contributed by atoms with Gasteiger partial charge in [-0.2, -0.15) is 0 Å². The van der Waals surface area contributed by atoms with E-state index in [0.29, 0.717) is 24.2 Å². The molecule has 0 saturated heterocycles. The number of carbonyl (C=O) groups is 2. The van der Waals surface area contributed by atoms with Gasteiger partial charge in [0, 0.05) is 30.6 Å². The molecular formula is C19H20N4O5. The van der Waals surface area contributed by atoms with Gasteiger partial charge in [-0.3, -0.25) is 24.8 Å². The molecular weight excluding hydrogens is 364 g/mol. The number of nitrogens with zero attached hydrogens (tertiary/aromatic N) is 3. The van der Waals surface area contributed by atoms with E-state index in [0.717, 1.165) is 0 Å². The van der Waals surface area contributed by atoms with Gasteiger partial charge in [0.2, 0.25) is 0 Å². The van der Waals surface area contributed by atoms with Crippen LogP contribution in [0.5, 0.6) is 0 Å². The molecule has 0 fully saturated rings. The monoisotopic (exact) mass is 384 g/mol. The number of pyridine rings is 1. The molecule has 1 aliphatic rings. The van der Waals surface area contributed by atoms with Crippen molar-refractivity contribution in [3.05, 3.63) is 57.9 Å². The molecule has 2 heterocycles. The largest absolute Gasteiger partial charge is 0.438 e. The van der Waals surface area contributed by atoms with E-state index in [9.17, 15) is 19.7 Å². The molecule has 28 heavy (non-hydrogen) atoms. The maximum Gasteiger partial charge on any atom is 0.415 e. The van der Waals surface area contributed by atoms with Crippen LogP contribution in [0.4, 0.5) is 21.9 Å². The van der Waals surface area contributed by atoms with E-state index >= 15 is 0 Å².